The molecule has 0 amide bonds. The minimum absolute atomic E-state index is 0. The van der Waals surface area contributed by atoms with Crippen LogP contribution in [0.1, 0.15) is 18.4 Å². The third-order valence-corrected chi connectivity index (χ3v) is 5.16. The van der Waals surface area contributed by atoms with E-state index in [1.54, 1.807) is 7.11 Å². The van der Waals surface area contributed by atoms with Crippen molar-refractivity contribution in [3.8, 4) is 5.75 Å². The number of benzene rings is 1. The zero-order valence-electron chi connectivity index (χ0n) is 15.2. The van der Waals surface area contributed by atoms with Crippen LogP contribution in [0.15, 0.2) is 27.7 Å². The maximum absolute atomic E-state index is 5.93. The number of morpholine rings is 1. The lowest BCUT2D eigenvalue weighted by Crippen LogP contribution is -2.53. The summed E-state index contributed by atoms with van der Waals surface area (Å²) in [5.74, 6) is 1.75. The number of hydrogen-bond acceptors (Lipinski definition) is 4. The van der Waals surface area contributed by atoms with Crippen LogP contribution in [0.2, 0.25) is 0 Å². The first-order valence-corrected chi connectivity index (χ1v) is 9.51. The first kappa shape index (κ1) is 21.7. The van der Waals surface area contributed by atoms with Crippen LogP contribution in [-0.2, 0) is 16.0 Å². The van der Waals surface area contributed by atoms with Crippen molar-refractivity contribution in [1.82, 2.24) is 10.2 Å². The second-order valence-electron chi connectivity index (χ2n) is 6.26. The highest BCUT2D eigenvalue weighted by molar-refractivity contribution is 14.0. The number of nitrogens with zero attached hydrogens (tertiary/aromatic N) is 2. The topological polar surface area (TPSA) is 55.3 Å². The van der Waals surface area contributed by atoms with Crippen molar-refractivity contribution in [3.05, 3.63) is 28.2 Å². The molecule has 0 spiro atoms. The van der Waals surface area contributed by atoms with Crippen LogP contribution in [0.5, 0.6) is 5.75 Å². The number of aliphatic imine (C=N–C) groups is 1. The first-order chi connectivity index (χ1) is 12.2. The van der Waals surface area contributed by atoms with Crippen LogP contribution in [-0.4, -0.2) is 63.5 Å². The number of nitrogens with one attached hydrogen (secondary N) is 1. The Hall–Kier alpha value is -0.580. The van der Waals surface area contributed by atoms with E-state index < -0.39 is 0 Å². The smallest absolute Gasteiger partial charge is 0.194 e. The van der Waals surface area contributed by atoms with Crippen molar-refractivity contribution in [2.75, 3.05) is 40.5 Å². The molecule has 8 heteroatoms. The van der Waals surface area contributed by atoms with E-state index >= 15 is 0 Å². The van der Waals surface area contributed by atoms with Crippen molar-refractivity contribution < 1.29 is 14.2 Å². The molecule has 2 saturated heterocycles. The number of methoxy groups -OCH3 is 1. The summed E-state index contributed by atoms with van der Waals surface area (Å²) in [6.07, 6.45) is 2.54. The molecule has 1 aromatic rings. The molecular formula is C18H27BrIN3O3. The highest BCUT2D eigenvalue weighted by Gasteiger charge is 2.32. The Kier molecular flexibility index (Phi) is 8.92. The molecule has 2 atom stereocenters. The zero-order valence-corrected chi connectivity index (χ0v) is 19.2. The lowest BCUT2D eigenvalue weighted by atomic mass is 10.1. The summed E-state index contributed by atoms with van der Waals surface area (Å²) in [6.45, 7) is 3.83. The number of rotatable bonds is 4. The van der Waals surface area contributed by atoms with Gasteiger partial charge in [-0.1, -0.05) is 15.9 Å². The monoisotopic (exact) mass is 539 g/mol. The molecule has 3 rings (SSSR count). The fourth-order valence-electron chi connectivity index (χ4n) is 3.38. The van der Waals surface area contributed by atoms with Crippen LogP contribution < -0.4 is 10.1 Å². The zero-order chi connectivity index (χ0) is 17.6. The van der Waals surface area contributed by atoms with E-state index in [-0.39, 0.29) is 36.2 Å². The van der Waals surface area contributed by atoms with Gasteiger partial charge in [-0.05, 0) is 31.0 Å². The van der Waals surface area contributed by atoms with Crippen molar-refractivity contribution in [2.45, 2.75) is 31.6 Å². The summed E-state index contributed by atoms with van der Waals surface area (Å²) in [5.41, 5.74) is 1.09. The highest BCUT2D eigenvalue weighted by Crippen LogP contribution is 2.23. The molecule has 0 aliphatic carbocycles. The van der Waals surface area contributed by atoms with Crippen molar-refractivity contribution in [2.24, 2.45) is 4.99 Å². The van der Waals surface area contributed by atoms with E-state index in [0.717, 1.165) is 54.3 Å². The number of ether oxygens (including phenoxy) is 3. The van der Waals surface area contributed by atoms with E-state index in [4.69, 9.17) is 14.2 Å². The average molecular weight is 540 g/mol. The molecule has 1 aromatic carbocycles. The van der Waals surface area contributed by atoms with Gasteiger partial charge >= 0.3 is 0 Å². The van der Waals surface area contributed by atoms with Gasteiger partial charge in [-0.2, -0.15) is 0 Å². The average Bonchev–Trinajstić information content (AvgIpc) is 3.17. The molecule has 26 heavy (non-hydrogen) atoms. The van der Waals surface area contributed by atoms with Crippen LogP contribution in [0.3, 0.4) is 0 Å². The summed E-state index contributed by atoms with van der Waals surface area (Å²) in [6, 6.07) is 6.00. The number of guanidine groups is 1. The Labute approximate surface area is 180 Å². The number of hydrogen-bond donors (Lipinski definition) is 1. The van der Waals surface area contributed by atoms with Gasteiger partial charge in [-0.25, -0.2) is 0 Å². The van der Waals surface area contributed by atoms with Crippen LogP contribution in [0.25, 0.3) is 0 Å². The molecule has 2 heterocycles. The van der Waals surface area contributed by atoms with Crippen molar-refractivity contribution >= 4 is 45.9 Å². The molecule has 2 fully saturated rings. The summed E-state index contributed by atoms with van der Waals surface area (Å²) < 4.78 is 18.2. The fourth-order valence-corrected chi connectivity index (χ4v) is 3.79. The third kappa shape index (κ3) is 5.46. The molecule has 0 bridgehead atoms. The maximum Gasteiger partial charge on any atom is 0.194 e. The second-order valence-corrected chi connectivity index (χ2v) is 7.18. The van der Waals surface area contributed by atoms with Gasteiger partial charge in [-0.15, -0.1) is 24.0 Å². The third-order valence-electron chi connectivity index (χ3n) is 4.66. The fraction of sp³-hybridized carbons (Fsp3) is 0.611. The summed E-state index contributed by atoms with van der Waals surface area (Å²) in [5, 5.41) is 3.45. The predicted octanol–water partition coefficient (Wildman–Crippen LogP) is 3.03. The lowest BCUT2D eigenvalue weighted by molar-refractivity contribution is -0.0817. The van der Waals surface area contributed by atoms with E-state index in [2.05, 4.69) is 37.2 Å². The molecule has 2 aliphatic heterocycles. The van der Waals surface area contributed by atoms with Gasteiger partial charge < -0.3 is 24.4 Å². The van der Waals surface area contributed by atoms with Gasteiger partial charge in [0.25, 0.3) is 0 Å². The quantitative estimate of drug-likeness (QED) is 0.362. The summed E-state index contributed by atoms with van der Waals surface area (Å²) in [4.78, 5) is 6.70. The van der Waals surface area contributed by atoms with Gasteiger partial charge in [-0.3, -0.25) is 4.99 Å². The second kappa shape index (κ2) is 10.7. The van der Waals surface area contributed by atoms with Gasteiger partial charge in [0.2, 0.25) is 0 Å². The minimum atomic E-state index is 0. The molecule has 2 unspecified atom stereocenters. The Balaban J connectivity index is 0.00000243. The van der Waals surface area contributed by atoms with E-state index in [1.165, 1.54) is 0 Å². The highest BCUT2D eigenvalue weighted by atomic mass is 127. The van der Waals surface area contributed by atoms with Gasteiger partial charge in [0, 0.05) is 43.3 Å². The van der Waals surface area contributed by atoms with E-state index in [9.17, 15) is 0 Å². The lowest BCUT2D eigenvalue weighted by Gasteiger charge is -2.37. The maximum atomic E-state index is 5.93. The van der Waals surface area contributed by atoms with Gasteiger partial charge in [0.05, 0.1) is 19.8 Å². The Morgan fingerprint density at radius 3 is 2.85 bits per heavy atom. The Morgan fingerprint density at radius 1 is 1.35 bits per heavy atom. The molecule has 0 saturated carbocycles. The predicted molar refractivity (Wildman–Crippen MR) is 117 cm³/mol. The van der Waals surface area contributed by atoms with Crippen LogP contribution >= 0.6 is 39.9 Å². The Bertz CT molecular complexity index is 611. The molecular weight excluding hydrogens is 513 g/mol. The van der Waals surface area contributed by atoms with Crippen LogP contribution in [0.4, 0.5) is 0 Å². The van der Waals surface area contributed by atoms with E-state index in [0.29, 0.717) is 13.2 Å². The molecule has 1 N–H and O–H groups in total. The molecule has 0 aromatic heterocycles. The molecule has 2 aliphatic rings. The SMILES string of the molecule is CN=C(NCc1cc(Br)ccc1OC)N1CCOC(C2CCCO2)C1.I. The van der Waals surface area contributed by atoms with Crippen molar-refractivity contribution in [3.63, 3.8) is 0 Å². The summed E-state index contributed by atoms with van der Waals surface area (Å²) >= 11 is 3.52. The Morgan fingerprint density at radius 2 is 2.15 bits per heavy atom. The normalized spacial score (nSPS) is 23.5. The van der Waals surface area contributed by atoms with Crippen molar-refractivity contribution in [1.29, 1.82) is 0 Å². The van der Waals surface area contributed by atoms with Gasteiger partial charge in [0.15, 0.2) is 5.96 Å². The van der Waals surface area contributed by atoms with Crippen LogP contribution in [0, 0.1) is 0 Å². The molecule has 0 radical (unpaired) electrons. The van der Waals surface area contributed by atoms with Gasteiger partial charge in [0.1, 0.15) is 11.9 Å². The number of halogens is 2. The largest absolute Gasteiger partial charge is 0.496 e. The molecule has 146 valence electrons. The van der Waals surface area contributed by atoms with E-state index in [1.807, 2.05) is 19.2 Å². The minimum Gasteiger partial charge on any atom is -0.496 e. The standard InChI is InChI=1S/C18H26BrN3O3.HI/c1-20-18(21-11-13-10-14(19)5-6-15(13)23-2)22-7-9-25-17(12-22)16-4-3-8-24-16;/h5-6,10,16-17H,3-4,7-9,11-12H2,1-2H3,(H,20,21);1H. The first-order valence-electron chi connectivity index (χ1n) is 8.72. The molecule has 6 nitrogen and oxygen atoms in total. The summed E-state index contributed by atoms with van der Waals surface area (Å²) in [7, 11) is 3.51.